The molecule has 1 aromatic carbocycles. The predicted octanol–water partition coefficient (Wildman–Crippen LogP) is 1.89. The SMILES string of the molecule is CC(CNC(=O)N(CC(=O)O)c1cccc(Cl)c1)N(C)C. The normalized spacial score (nSPS) is 12.0. The molecule has 1 atom stereocenters. The van der Waals surface area contributed by atoms with Gasteiger partial charge in [-0.25, -0.2) is 4.79 Å². The summed E-state index contributed by atoms with van der Waals surface area (Å²) in [6.45, 7) is 1.95. The fourth-order valence-corrected chi connectivity index (χ4v) is 1.76. The van der Waals surface area contributed by atoms with E-state index < -0.39 is 18.5 Å². The number of nitrogens with zero attached hydrogens (tertiary/aromatic N) is 2. The van der Waals surface area contributed by atoms with Gasteiger partial charge in [0.1, 0.15) is 6.54 Å². The molecule has 0 aliphatic heterocycles. The number of urea groups is 1. The maximum Gasteiger partial charge on any atom is 0.323 e. The average Bonchev–Trinajstić information content (AvgIpc) is 2.41. The number of nitrogens with one attached hydrogen (secondary N) is 1. The number of carboxylic acid groups (broad SMARTS) is 1. The lowest BCUT2D eigenvalue weighted by atomic mass is 10.3. The van der Waals surface area contributed by atoms with Crippen LogP contribution >= 0.6 is 11.6 Å². The van der Waals surface area contributed by atoms with E-state index in [2.05, 4.69) is 5.32 Å². The number of likely N-dealkylation sites (N-methyl/N-ethyl adjacent to an activating group) is 1. The molecule has 0 heterocycles. The minimum Gasteiger partial charge on any atom is -0.480 e. The zero-order valence-electron chi connectivity index (χ0n) is 12.3. The van der Waals surface area contributed by atoms with E-state index in [1.54, 1.807) is 24.3 Å². The summed E-state index contributed by atoms with van der Waals surface area (Å²) in [5, 5.41) is 12.1. The first-order valence-corrected chi connectivity index (χ1v) is 6.88. The van der Waals surface area contributed by atoms with Gasteiger partial charge < -0.3 is 15.3 Å². The zero-order chi connectivity index (χ0) is 16.0. The standard InChI is InChI=1S/C14H20ClN3O3/c1-10(17(2)3)8-16-14(21)18(9-13(19)20)12-6-4-5-11(15)7-12/h4-7,10H,8-9H2,1-3H3,(H,16,21)(H,19,20). The van der Waals surface area contributed by atoms with Crippen molar-refractivity contribution >= 4 is 29.3 Å². The van der Waals surface area contributed by atoms with Crippen LogP contribution in [0, 0.1) is 0 Å². The molecular weight excluding hydrogens is 294 g/mol. The first kappa shape index (κ1) is 17.3. The number of hydrogen-bond donors (Lipinski definition) is 2. The zero-order valence-corrected chi connectivity index (χ0v) is 13.1. The van der Waals surface area contributed by atoms with E-state index in [9.17, 15) is 9.59 Å². The highest BCUT2D eigenvalue weighted by Gasteiger charge is 2.19. The van der Waals surface area contributed by atoms with Gasteiger partial charge in [-0.15, -0.1) is 0 Å². The van der Waals surface area contributed by atoms with E-state index in [1.165, 1.54) is 0 Å². The molecule has 6 nitrogen and oxygen atoms in total. The molecule has 0 fully saturated rings. The molecule has 116 valence electrons. The minimum absolute atomic E-state index is 0.139. The van der Waals surface area contributed by atoms with Crippen LogP contribution in [0.1, 0.15) is 6.92 Å². The lowest BCUT2D eigenvalue weighted by Crippen LogP contribution is -2.47. The minimum atomic E-state index is -1.09. The number of benzene rings is 1. The smallest absolute Gasteiger partial charge is 0.323 e. The van der Waals surface area contributed by atoms with Gasteiger partial charge in [-0.3, -0.25) is 9.69 Å². The molecule has 0 aromatic heterocycles. The summed E-state index contributed by atoms with van der Waals surface area (Å²) in [6.07, 6.45) is 0. The summed E-state index contributed by atoms with van der Waals surface area (Å²) in [5.41, 5.74) is 0.444. The van der Waals surface area contributed by atoms with Gasteiger partial charge in [0.15, 0.2) is 0 Å². The summed E-state index contributed by atoms with van der Waals surface area (Å²) >= 11 is 5.89. The number of rotatable bonds is 6. The molecule has 21 heavy (non-hydrogen) atoms. The monoisotopic (exact) mass is 313 g/mol. The van der Waals surface area contributed by atoms with Crippen LogP contribution in [-0.4, -0.2) is 55.2 Å². The highest BCUT2D eigenvalue weighted by atomic mass is 35.5. The fraction of sp³-hybridized carbons (Fsp3) is 0.429. The number of hydrogen-bond acceptors (Lipinski definition) is 3. The number of carbonyl (C=O) groups is 2. The Labute approximate surface area is 129 Å². The van der Waals surface area contributed by atoms with Gasteiger partial charge >= 0.3 is 12.0 Å². The molecule has 0 saturated carbocycles. The van der Waals surface area contributed by atoms with Crippen molar-refractivity contribution in [3.8, 4) is 0 Å². The average molecular weight is 314 g/mol. The molecule has 1 aromatic rings. The van der Waals surface area contributed by atoms with Crippen molar-refractivity contribution in [2.24, 2.45) is 0 Å². The molecule has 0 saturated heterocycles. The Morgan fingerprint density at radius 1 is 1.38 bits per heavy atom. The Kier molecular flexibility index (Phi) is 6.45. The highest BCUT2D eigenvalue weighted by molar-refractivity contribution is 6.30. The second-order valence-electron chi connectivity index (χ2n) is 4.96. The number of amides is 2. The van der Waals surface area contributed by atoms with E-state index in [0.29, 0.717) is 17.3 Å². The van der Waals surface area contributed by atoms with Gasteiger partial charge in [0, 0.05) is 23.3 Å². The molecule has 0 spiro atoms. The van der Waals surface area contributed by atoms with Gasteiger partial charge in [0.2, 0.25) is 0 Å². The number of aliphatic carboxylic acids is 1. The van der Waals surface area contributed by atoms with Crippen LogP contribution in [0.5, 0.6) is 0 Å². The maximum atomic E-state index is 12.2. The van der Waals surface area contributed by atoms with Crippen molar-refractivity contribution in [2.45, 2.75) is 13.0 Å². The quantitative estimate of drug-likeness (QED) is 0.841. The van der Waals surface area contributed by atoms with Crippen LogP contribution in [0.25, 0.3) is 0 Å². The predicted molar refractivity (Wildman–Crippen MR) is 83.0 cm³/mol. The van der Waals surface area contributed by atoms with Crippen molar-refractivity contribution in [2.75, 3.05) is 32.1 Å². The van der Waals surface area contributed by atoms with Crippen molar-refractivity contribution < 1.29 is 14.7 Å². The van der Waals surface area contributed by atoms with Gasteiger partial charge in [-0.05, 0) is 39.2 Å². The largest absolute Gasteiger partial charge is 0.480 e. The lowest BCUT2D eigenvalue weighted by Gasteiger charge is -2.24. The van der Waals surface area contributed by atoms with E-state index >= 15 is 0 Å². The molecule has 0 bridgehead atoms. The number of carboxylic acids is 1. The van der Waals surface area contributed by atoms with Crippen LogP contribution < -0.4 is 10.2 Å². The van der Waals surface area contributed by atoms with Gasteiger partial charge in [0.25, 0.3) is 0 Å². The maximum absolute atomic E-state index is 12.2. The van der Waals surface area contributed by atoms with Crippen LogP contribution in [0.15, 0.2) is 24.3 Å². The third-order valence-electron chi connectivity index (χ3n) is 3.09. The second-order valence-corrected chi connectivity index (χ2v) is 5.39. The molecule has 0 radical (unpaired) electrons. The molecule has 1 unspecified atom stereocenters. The van der Waals surface area contributed by atoms with Crippen LogP contribution in [0.2, 0.25) is 5.02 Å². The third kappa shape index (κ3) is 5.61. The highest BCUT2D eigenvalue weighted by Crippen LogP contribution is 2.19. The Morgan fingerprint density at radius 3 is 2.57 bits per heavy atom. The van der Waals surface area contributed by atoms with Crippen molar-refractivity contribution in [3.63, 3.8) is 0 Å². The van der Waals surface area contributed by atoms with Crippen molar-refractivity contribution in [1.82, 2.24) is 10.2 Å². The van der Waals surface area contributed by atoms with Crippen molar-refractivity contribution in [3.05, 3.63) is 29.3 Å². The van der Waals surface area contributed by atoms with E-state index in [1.807, 2.05) is 25.9 Å². The van der Waals surface area contributed by atoms with Crippen molar-refractivity contribution in [1.29, 1.82) is 0 Å². The Bertz CT molecular complexity index is 508. The summed E-state index contributed by atoms with van der Waals surface area (Å²) in [5.74, 6) is -1.09. The molecule has 1 rings (SSSR count). The first-order chi connectivity index (χ1) is 9.81. The van der Waals surface area contributed by atoms with Crippen LogP contribution in [-0.2, 0) is 4.79 Å². The molecular formula is C14H20ClN3O3. The number of halogens is 1. The van der Waals surface area contributed by atoms with Gasteiger partial charge in [-0.2, -0.15) is 0 Å². The van der Waals surface area contributed by atoms with Gasteiger partial charge in [0.05, 0.1) is 0 Å². The van der Waals surface area contributed by atoms with E-state index in [-0.39, 0.29) is 6.04 Å². The number of carbonyl (C=O) groups excluding carboxylic acids is 1. The summed E-state index contributed by atoms with van der Waals surface area (Å²) in [6, 6.07) is 6.20. The third-order valence-corrected chi connectivity index (χ3v) is 3.32. The second kappa shape index (κ2) is 7.85. The lowest BCUT2D eigenvalue weighted by molar-refractivity contribution is -0.135. The van der Waals surface area contributed by atoms with Crippen LogP contribution in [0.4, 0.5) is 10.5 Å². The van der Waals surface area contributed by atoms with Crippen LogP contribution in [0.3, 0.4) is 0 Å². The van der Waals surface area contributed by atoms with E-state index in [0.717, 1.165) is 4.90 Å². The first-order valence-electron chi connectivity index (χ1n) is 6.50. The van der Waals surface area contributed by atoms with Gasteiger partial charge in [-0.1, -0.05) is 17.7 Å². The summed E-state index contributed by atoms with van der Waals surface area (Å²) in [7, 11) is 3.81. The number of anilines is 1. The molecule has 2 N–H and O–H groups in total. The Balaban J connectivity index is 2.82. The Morgan fingerprint density at radius 2 is 2.05 bits per heavy atom. The van der Waals surface area contributed by atoms with E-state index in [4.69, 9.17) is 16.7 Å². The molecule has 0 aliphatic rings. The molecule has 2 amide bonds. The fourth-order valence-electron chi connectivity index (χ4n) is 1.57. The summed E-state index contributed by atoms with van der Waals surface area (Å²) in [4.78, 5) is 26.3. The Hall–Kier alpha value is -1.79. The molecule has 0 aliphatic carbocycles. The molecule has 7 heteroatoms. The topological polar surface area (TPSA) is 72.9 Å². The summed E-state index contributed by atoms with van der Waals surface area (Å²) < 4.78 is 0.